The van der Waals surface area contributed by atoms with Gasteiger partial charge in [0.2, 0.25) is 0 Å². The first-order valence-corrected chi connectivity index (χ1v) is 6.38. The number of H-pyrrole nitrogens is 1. The maximum atomic E-state index is 4.22. The van der Waals surface area contributed by atoms with Gasteiger partial charge in [-0.1, -0.05) is 29.8 Å². The molecule has 0 saturated heterocycles. The number of aromatic amines is 1. The van der Waals surface area contributed by atoms with E-state index in [9.17, 15) is 0 Å². The highest BCUT2D eigenvalue weighted by Gasteiger charge is 2.09. The smallest absolute Gasteiger partial charge is 0.0638 e. The minimum absolute atomic E-state index is 0.346. The number of benzene rings is 1. The topological polar surface area (TPSA) is 40.7 Å². The van der Waals surface area contributed by atoms with E-state index in [1.807, 2.05) is 6.92 Å². The second-order valence-electron chi connectivity index (χ2n) is 4.93. The zero-order valence-electron chi connectivity index (χ0n) is 11.5. The lowest BCUT2D eigenvalue weighted by molar-refractivity contribution is 0.572. The molecule has 0 aliphatic rings. The summed E-state index contributed by atoms with van der Waals surface area (Å²) >= 11 is 0. The molecule has 0 spiro atoms. The highest BCUT2D eigenvalue weighted by Crippen LogP contribution is 2.16. The molecule has 0 aliphatic carbocycles. The van der Waals surface area contributed by atoms with Crippen LogP contribution in [0, 0.1) is 20.8 Å². The Kier molecular flexibility index (Phi) is 3.82. The van der Waals surface area contributed by atoms with Crippen molar-refractivity contribution in [3.05, 3.63) is 52.3 Å². The first kappa shape index (κ1) is 12.8. The number of hydrogen-bond donors (Lipinski definition) is 2. The van der Waals surface area contributed by atoms with Gasteiger partial charge in [-0.2, -0.15) is 5.10 Å². The molecule has 96 valence electrons. The quantitative estimate of drug-likeness (QED) is 0.866. The Hall–Kier alpha value is -1.61. The Labute approximate surface area is 109 Å². The van der Waals surface area contributed by atoms with Crippen molar-refractivity contribution in [2.24, 2.45) is 0 Å². The molecule has 0 bridgehead atoms. The molecule has 2 N–H and O–H groups in total. The van der Waals surface area contributed by atoms with Gasteiger partial charge in [0.25, 0.3) is 0 Å². The van der Waals surface area contributed by atoms with Crippen molar-refractivity contribution in [2.75, 3.05) is 0 Å². The molecule has 0 fully saturated rings. The highest BCUT2D eigenvalue weighted by molar-refractivity contribution is 5.26. The minimum Gasteiger partial charge on any atom is -0.306 e. The zero-order valence-corrected chi connectivity index (χ0v) is 11.5. The van der Waals surface area contributed by atoms with E-state index in [4.69, 9.17) is 0 Å². The summed E-state index contributed by atoms with van der Waals surface area (Å²) in [6.45, 7) is 9.27. The van der Waals surface area contributed by atoms with Crippen molar-refractivity contribution in [2.45, 2.75) is 40.3 Å². The summed E-state index contributed by atoms with van der Waals surface area (Å²) in [4.78, 5) is 0. The lowest BCUT2D eigenvalue weighted by atomic mass is 10.1. The summed E-state index contributed by atoms with van der Waals surface area (Å²) in [6.07, 6.45) is 0. The van der Waals surface area contributed by atoms with Gasteiger partial charge in [-0.3, -0.25) is 5.10 Å². The second-order valence-corrected chi connectivity index (χ2v) is 4.93. The molecule has 1 heterocycles. The lowest BCUT2D eigenvalue weighted by Crippen LogP contribution is -2.18. The van der Waals surface area contributed by atoms with Crippen molar-refractivity contribution in [1.29, 1.82) is 0 Å². The first-order valence-electron chi connectivity index (χ1n) is 6.38. The van der Waals surface area contributed by atoms with E-state index in [0.717, 1.165) is 17.9 Å². The van der Waals surface area contributed by atoms with Crippen molar-refractivity contribution < 1.29 is 0 Å². The van der Waals surface area contributed by atoms with E-state index in [0.29, 0.717) is 6.04 Å². The summed E-state index contributed by atoms with van der Waals surface area (Å²) in [5.74, 6) is 0. The van der Waals surface area contributed by atoms with Crippen LogP contribution in [0.1, 0.15) is 41.0 Å². The summed E-state index contributed by atoms with van der Waals surface area (Å²) in [7, 11) is 0. The summed E-state index contributed by atoms with van der Waals surface area (Å²) in [5.41, 5.74) is 6.13. The van der Waals surface area contributed by atoms with Crippen LogP contribution in [0.3, 0.4) is 0 Å². The van der Waals surface area contributed by atoms with E-state index in [1.165, 1.54) is 16.7 Å². The molecule has 3 heteroatoms. The molecule has 2 aromatic rings. The third-order valence-electron chi connectivity index (χ3n) is 3.41. The standard InChI is InChI=1S/C15H21N3/c1-10-6-5-7-14(8-10)11(2)16-9-15-12(3)17-18-13(15)4/h5-8,11,16H,9H2,1-4H3,(H,17,18)/t11-/m0/s1. The van der Waals surface area contributed by atoms with E-state index >= 15 is 0 Å². The van der Waals surface area contributed by atoms with Crippen LogP contribution >= 0.6 is 0 Å². The second kappa shape index (κ2) is 5.36. The van der Waals surface area contributed by atoms with E-state index < -0.39 is 0 Å². The number of nitrogens with zero attached hydrogens (tertiary/aromatic N) is 1. The fourth-order valence-corrected chi connectivity index (χ4v) is 2.15. The summed E-state index contributed by atoms with van der Waals surface area (Å²) < 4.78 is 0. The number of aromatic nitrogens is 2. The van der Waals surface area contributed by atoms with Crippen LogP contribution in [0.2, 0.25) is 0 Å². The van der Waals surface area contributed by atoms with Gasteiger partial charge in [0.1, 0.15) is 0 Å². The normalized spacial score (nSPS) is 12.7. The van der Waals surface area contributed by atoms with Crippen LogP contribution < -0.4 is 5.32 Å². The van der Waals surface area contributed by atoms with E-state index in [-0.39, 0.29) is 0 Å². The summed E-state index contributed by atoms with van der Waals surface area (Å²) in [5, 5.41) is 10.8. The van der Waals surface area contributed by atoms with Crippen LogP contribution in [0.4, 0.5) is 0 Å². The Balaban J connectivity index is 2.02. The van der Waals surface area contributed by atoms with E-state index in [1.54, 1.807) is 0 Å². The van der Waals surface area contributed by atoms with E-state index in [2.05, 4.69) is 60.6 Å². The number of hydrogen-bond acceptors (Lipinski definition) is 2. The predicted octanol–water partition coefficient (Wildman–Crippen LogP) is 3.19. The number of aryl methyl sites for hydroxylation is 3. The molecule has 0 saturated carbocycles. The SMILES string of the molecule is Cc1cccc([C@H](C)NCc2c(C)n[nH]c2C)c1. The Morgan fingerprint density at radius 1 is 1.28 bits per heavy atom. The van der Waals surface area contributed by atoms with Crippen LogP contribution in [0.15, 0.2) is 24.3 Å². The number of nitrogens with one attached hydrogen (secondary N) is 2. The molecule has 0 unspecified atom stereocenters. The minimum atomic E-state index is 0.346. The Morgan fingerprint density at radius 3 is 2.67 bits per heavy atom. The van der Waals surface area contributed by atoms with Crippen LogP contribution in [0.5, 0.6) is 0 Å². The van der Waals surface area contributed by atoms with Crippen molar-refractivity contribution in [3.8, 4) is 0 Å². The van der Waals surface area contributed by atoms with Crippen LogP contribution in [0.25, 0.3) is 0 Å². The molecule has 0 amide bonds. The summed E-state index contributed by atoms with van der Waals surface area (Å²) in [6, 6.07) is 8.98. The molecule has 18 heavy (non-hydrogen) atoms. The molecular weight excluding hydrogens is 222 g/mol. The maximum absolute atomic E-state index is 4.22. The Morgan fingerprint density at radius 2 is 2.06 bits per heavy atom. The van der Waals surface area contributed by atoms with Gasteiger partial charge < -0.3 is 5.32 Å². The van der Waals surface area contributed by atoms with Gasteiger partial charge in [0.05, 0.1) is 5.69 Å². The average Bonchev–Trinajstić information content (AvgIpc) is 2.66. The molecule has 1 aromatic carbocycles. The molecule has 0 aliphatic heterocycles. The monoisotopic (exact) mass is 243 g/mol. The van der Waals surface area contributed by atoms with Crippen LogP contribution in [-0.4, -0.2) is 10.2 Å². The molecule has 3 nitrogen and oxygen atoms in total. The molecular formula is C15H21N3. The van der Waals surface area contributed by atoms with Gasteiger partial charge in [-0.05, 0) is 33.3 Å². The zero-order chi connectivity index (χ0) is 13.1. The van der Waals surface area contributed by atoms with Gasteiger partial charge in [-0.15, -0.1) is 0 Å². The van der Waals surface area contributed by atoms with Crippen molar-refractivity contribution >= 4 is 0 Å². The van der Waals surface area contributed by atoms with Crippen molar-refractivity contribution in [3.63, 3.8) is 0 Å². The third-order valence-corrected chi connectivity index (χ3v) is 3.41. The average molecular weight is 243 g/mol. The maximum Gasteiger partial charge on any atom is 0.0638 e. The number of rotatable bonds is 4. The molecule has 0 radical (unpaired) electrons. The Bertz CT molecular complexity index is 509. The molecule has 1 atom stereocenters. The molecule has 1 aromatic heterocycles. The van der Waals surface area contributed by atoms with Gasteiger partial charge >= 0.3 is 0 Å². The van der Waals surface area contributed by atoms with Gasteiger partial charge in [0.15, 0.2) is 0 Å². The van der Waals surface area contributed by atoms with Crippen molar-refractivity contribution in [1.82, 2.24) is 15.5 Å². The highest BCUT2D eigenvalue weighted by atomic mass is 15.1. The molecule has 2 rings (SSSR count). The lowest BCUT2D eigenvalue weighted by Gasteiger charge is -2.15. The fraction of sp³-hybridized carbons (Fsp3) is 0.400. The van der Waals surface area contributed by atoms with Gasteiger partial charge in [0, 0.05) is 23.8 Å². The predicted molar refractivity (Wildman–Crippen MR) is 74.5 cm³/mol. The van der Waals surface area contributed by atoms with Gasteiger partial charge in [-0.25, -0.2) is 0 Å². The largest absolute Gasteiger partial charge is 0.306 e. The fourth-order valence-electron chi connectivity index (χ4n) is 2.15. The van der Waals surface area contributed by atoms with Crippen LogP contribution in [-0.2, 0) is 6.54 Å². The third kappa shape index (κ3) is 2.79. The first-order chi connectivity index (χ1) is 8.58.